The molecular weight excluding hydrogens is 457 g/mol. The van der Waals surface area contributed by atoms with Gasteiger partial charge in [0.1, 0.15) is 11.3 Å². The van der Waals surface area contributed by atoms with Crippen LogP contribution in [-0.2, 0) is 0 Å². The van der Waals surface area contributed by atoms with Crippen LogP contribution in [0, 0.1) is 12.7 Å². The number of nitrogens with one attached hydrogen (secondary N) is 2. The van der Waals surface area contributed by atoms with E-state index in [0.29, 0.717) is 16.8 Å². The van der Waals surface area contributed by atoms with Crippen molar-refractivity contribution in [2.45, 2.75) is 39.7 Å². The fourth-order valence-electron chi connectivity index (χ4n) is 4.51. The predicted octanol–water partition coefficient (Wildman–Crippen LogP) is 5.30. The van der Waals surface area contributed by atoms with Crippen molar-refractivity contribution >= 4 is 22.3 Å². The molecule has 0 spiro atoms. The molecule has 5 aromatic rings. The van der Waals surface area contributed by atoms with E-state index >= 15 is 0 Å². The highest BCUT2D eigenvalue weighted by molar-refractivity contribution is 5.96. The topological polar surface area (TPSA) is 92.2 Å². The Morgan fingerprint density at radius 2 is 1.86 bits per heavy atom. The van der Waals surface area contributed by atoms with Crippen LogP contribution < -0.4 is 10.9 Å². The molecule has 182 valence electrons. The molecule has 3 heterocycles. The minimum absolute atomic E-state index is 0.124. The molecule has 36 heavy (non-hydrogen) atoms. The molecule has 3 aromatic heterocycles. The third-order valence-electron chi connectivity index (χ3n) is 6.43. The summed E-state index contributed by atoms with van der Waals surface area (Å²) in [5, 5.41) is 8.44. The summed E-state index contributed by atoms with van der Waals surface area (Å²) in [7, 11) is 0. The first kappa shape index (κ1) is 23.4. The molecule has 0 radical (unpaired) electrons. The van der Waals surface area contributed by atoms with E-state index in [4.69, 9.17) is 0 Å². The summed E-state index contributed by atoms with van der Waals surface area (Å²) in [6.07, 6.45) is 3.42. The Balaban J connectivity index is 1.57. The van der Waals surface area contributed by atoms with Crippen LogP contribution in [0.5, 0.6) is 0 Å². The van der Waals surface area contributed by atoms with Gasteiger partial charge in [0, 0.05) is 22.7 Å². The fourth-order valence-corrected chi connectivity index (χ4v) is 4.51. The molecule has 2 aromatic carbocycles. The second-order valence-corrected chi connectivity index (χ2v) is 9.32. The zero-order valence-corrected chi connectivity index (χ0v) is 20.5. The van der Waals surface area contributed by atoms with Crippen molar-refractivity contribution < 1.29 is 9.18 Å². The Hall–Kier alpha value is -4.33. The van der Waals surface area contributed by atoms with E-state index in [-0.39, 0.29) is 29.0 Å². The zero-order valence-electron chi connectivity index (χ0n) is 20.5. The van der Waals surface area contributed by atoms with Crippen LogP contribution in [-0.4, -0.2) is 25.5 Å². The van der Waals surface area contributed by atoms with Crippen molar-refractivity contribution in [1.29, 1.82) is 0 Å². The summed E-state index contributed by atoms with van der Waals surface area (Å²) in [6.45, 7) is 7.66. The number of amides is 1. The van der Waals surface area contributed by atoms with Gasteiger partial charge in [0.25, 0.3) is 11.5 Å². The quantitative estimate of drug-likeness (QED) is 0.355. The van der Waals surface area contributed by atoms with E-state index in [0.717, 1.165) is 27.6 Å². The smallest absolute Gasteiger partial charge is 0.274 e. The number of hydrogen-bond donors (Lipinski definition) is 2. The van der Waals surface area contributed by atoms with Crippen LogP contribution >= 0.6 is 0 Å². The third kappa shape index (κ3) is 4.15. The van der Waals surface area contributed by atoms with Crippen molar-refractivity contribution in [3.05, 3.63) is 99.5 Å². The molecular formula is C28H26FN5O2. The normalized spacial score (nSPS) is 12.4. The van der Waals surface area contributed by atoms with Crippen LogP contribution in [0.15, 0.2) is 65.7 Å². The van der Waals surface area contributed by atoms with Crippen molar-refractivity contribution in [2.75, 3.05) is 0 Å². The number of benzene rings is 2. The number of H-pyrrole nitrogens is 1. The van der Waals surface area contributed by atoms with E-state index in [1.807, 2.05) is 52.0 Å². The number of halogens is 1. The molecule has 0 bridgehead atoms. The van der Waals surface area contributed by atoms with Crippen LogP contribution in [0.1, 0.15) is 59.9 Å². The van der Waals surface area contributed by atoms with Crippen molar-refractivity contribution in [3.63, 3.8) is 0 Å². The lowest BCUT2D eigenvalue weighted by molar-refractivity contribution is 0.0933. The van der Waals surface area contributed by atoms with Gasteiger partial charge in [-0.25, -0.2) is 8.91 Å². The molecule has 1 amide bonds. The molecule has 2 N–H and O–H groups in total. The number of aryl methyl sites for hydroxylation is 1. The lowest BCUT2D eigenvalue weighted by Crippen LogP contribution is -2.28. The number of aromatic nitrogens is 4. The average molecular weight is 484 g/mol. The van der Waals surface area contributed by atoms with Gasteiger partial charge in [-0.2, -0.15) is 5.10 Å². The third-order valence-corrected chi connectivity index (χ3v) is 6.43. The molecule has 0 aliphatic carbocycles. The van der Waals surface area contributed by atoms with E-state index in [1.54, 1.807) is 24.5 Å². The SMILES string of the molecule is Cc1cccc2ncc(-c3cn4nc(C(=O)NC(C)c5ccc(F)cc5)c(C(C)C)c4c(=O)[nH]3)cc12. The number of nitrogens with zero attached hydrogens (tertiary/aromatic N) is 3. The first-order valence-electron chi connectivity index (χ1n) is 11.8. The summed E-state index contributed by atoms with van der Waals surface area (Å²) in [4.78, 5) is 34.0. The Bertz CT molecular complexity index is 1670. The number of aromatic amines is 1. The van der Waals surface area contributed by atoms with Gasteiger partial charge in [0.05, 0.1) is 23.4 Å². The predicted molar refractivity (Wildman–Crippen MR) is 138 cm³/mol. The summed E-state index contributed by atoms with van der Waals surface area (Å²) in [5.41, 5.74) is 4.77. The van der Waals surface area contributed by atoms with Crippen LogP contribution in [0.2, 0.25) is 0 Å². The largest absolute Gasteiger partial charge is 0.344 e. The van der Waals surface area contributed by atoms with Crippen molar-refractivity contribution in [3.8, 4) is 11.3 Å². The summed E-state index contributed by atoms with van der Waals surface area (Å²) in [5.74, 6) is -0.865. The van der Waals surface area contributed by atoms with E-state index in [2.05, 4.69) is 20.4 Å². The zero-order chi connectivity index (χ0) is 25.6. The Labute approximate surface area is 207 Å². The van der Waals surface area contributed by atoms with Gasteiger partial charge in [-0.05, 0) is 55.2 Å². The van der Waals surface area contributed by atoms with Gasteiger partial charge in [0.2, 0.25) is 0 Å². The highest BCUT2D eigenvalue weighted by Crippen LogP contribution is 2.27. The van der Waals surface area contributed by atoms with E-state index in [1.165, 1.54) is 16.6 Å². The maximum atomic E-state index is 13.3. The number of carbonyl (C=O) groups is 1. The molecule has 0 fully saturated rings. The monoisotopic (exact) mass is 483 g/mol. The minimum Gasteiger partial charge on any atom is -0.344 e. The molecule has 1 unspecified atom stereocenters. The fraction of sp³-hybridized carbons (Fsp3) is 0.214. The molecule has 0 aliphatic heterocycles. The lowest BCUT2D eigenvalue weighted by Gasteiger charge is -2.14. The Morgan fingerprint density at radius 3 is 2.58 bits per heavy atom. The second kappa shape index (κ2) is 9.03. The van der Waals surface area contributed by atoms with Crippen molar-refractivity contribution in [2.24, 2.45) is 0 Å². The number of carbonyl (C=O) groups excluding carboxylic acids is 1. The molecule has 0 saturated carbocycles. The summed E-state index contributed by atoms with van der Waals surface area (Å²) >= 11 is 0. The molecule has 0 aliphatic rings. The number of pyridine rings is 1. The second-order valence-electron chi connectivity index (χ2n) is 9.32. The summed E-state index contributed by atoms with van der Waals surface area (Å²) < 4.78 is 14.8. The highest BCUT2D eigenvalue weighted by Gasteiger charge is 2.25. The Kier molecular flexibility index (Phi) is 5.88. The lowest BCUT2D eigenvalue weighted by atomic mass is 10.0. The molecule has 0 saturated heterocycles. The van der Waals surface area contributed by atoms with Gasteiger partial charge in [-0.1, -0.05) is 38.1 Å². The minimum atomic E-state index is -0.400. The van der Waals surface area contributed by atoms with E-state index in [9.17, 15) is 14.0 Å². The molecule has 5 rings (SSSR count). The van der Waals surface area contributed by atoms with Crippen LogP contribution in [0.3, 0.4) is 0 Å². The molecule has 1 atom stereocenters. The Morgan fingerprint density at radius 1 is 1.11 bits per heavy atom. The average Bonchev–Trinajstić information content (AvgIpc) is 3.25. The highest BCUT2D eigenvalue weighted by atomic mass is 19.1. The maximum absolute atomic E-state index is 13.3. The van der Waals surface area contributed by atoms with Gasteiger partial charge in [-0.15, -0.1) is 0 Å². The van der Waals surface area contributed by atoms with Gasteiger partial charge >= 0.3 is 0 Å². The number of fused-ring (bicyclic) bond motifs is 2. The first-order chi connectivity index (χ1) is 17.2. The van der Waals surface area contributed by atoms with Crippen molar-refractivity contribution in [1.82, 2.24) is 24.9 Å². The van der Waals surface area contributed by atoms with Gasteiger partial charge < -0.3 is 10.3 Å². The standard InChI is InChI=1S/C28H26FN5O2/c1-15(2)24-25(27(35)31-17(4)18-8-10-20(29)11-9-18)33-34-14-23(32-28(36)26(24)34)19-12-21-16(3)6-5-7-22(21)30-13-19/h5-15,17H,1-4H3,(H,31,35)(H,32,36). The van der Waals surface area contributed by atoms with E-state index < -0.39 is 5.91 Å². The molecule has 7 nitrogen and oxygen atoms in total. The molecule has 8 heteroatoms. The van der Waals surface area contributed by atoms with Crippen LogP contribution in [0.4, 0.5) is 4.39 Å². The first-order valence-corrected chi connectivity index (χ1v) is 11.8. The number of hydrogen-bond acceptors (Lipinski definition) is 4. The van der Waals surface area contributed by atoms with Crippen LogP contribution in [0.25, 0.3) is 27.7 Å². The summed E-state index contributed by atoms with van der Waals surface area (Å²) in [6, 6.07) is 13.5. The van der Waals surface area contributed by atoms with Gasteiger partial charge in [0.15, 0.2) is 5.69 Å². The number of rotatable bonds is 5. The van der Waals surface area contributed by atoms with Gasteiger partial charge in [-0.3, -0.25) is 14.6 Å². The maximum Gasteiger partial charge on any atom is 0.274 e.